The molecule has 0 amide bonds. The Morgan fingerprint density at radius 3 is 2.57 bits per heavy atom. The highest BCUT2D eigenvalue weighted by molar-refractivity contribution is 7.91. The van der Waals surface area contributed by atoms with Gasteiger partial charge >= 0.3 is 11.8 Å². The molecule has 1 saturated heterocycles. The van der Waals surface area contributed by atoms with Crippen LogP contribution in [0.5, 0.6) is 0 Å². The van der Waals surface area contributed by atoms with Gasteiger partial charge < -0.3 is 5.11 Å². The highest BCUT2D eigenvalue weighted by atomic mass is 32.2. The van der Waals surface area contributed by atoms with Gasteiger partial charge in [0, 0.05) is 6.04 Å². The average Bonchev–Trinajstić information content (AvgIpc) is 3.26. The molecule has 11 nitrogen and oxygen atoms in total. The molecule has 30 heavy (non-hydrogen) atoms. The van der Waals surface area contributed by atoms with Gasteiger partial charge in [0.15, 0.2) is 5.65 Å². The number of benzene rings is 1. The molecule has 0 saturated carbocycles. The third kappa shape index (κ3) is 2.79. The van der Waals surface area contributed by atoms with Gasteiger partial charge in [-0.15, -0.1) is 0 Å². The molecule has 0 aliphatic carbocycles. The lowest BCUT2D eigenvalue weighted by Crippen LogP contribution is -2.34. The Hall–Kier alpha value is -3.54. The fourth-order valence-electron chi connectivity index (χ4n) is 3.88. The highest BCUT2D eigenvalue weighted by Gasteiger charge is 2.30. The zero-order valence-corrected chi connectivity index (χ0v) is 16.4. The number of nitrogens with zero attached hydrogens (tertiary/aromatic N) is 6. The van der Waals surface area contributed by atoms with E-state index in [2.05, 4.69) is 15.0 Å². The topological polar surface area (TPSA) is 142 Å². The van der Waals surface area contributed by atoms with E-state index in [0.717, 1.165) is 11.0 Å². The summed E-state index contributed by atoms with van der Waals surface area (Å²) >= 11 is 0. The summed E-state index contributed by atoms with van der Waals surface area (Å²) in [6, 6.07) is 6.91. The Morgan fingerprint density at radius 2 is 1.83 bits per heavy atom. The van der Waals surface area contributed by atoms with Crippen LogP contribution in [0.4, 0.5) is 4.79 Å². The largest absolute Gasteiger partial charge is 0.464 e. The predicted molar refractivity (Wildman–Crippen MR) is 107 cm³/mol. The van der Waals surface area contributed by atoms with Crippen LogP contribution in [-0.4, -0.2) is 59.8 Å². The number of fused-ring (bicyclic) bond motifs is 2. The first-order valence-electron chi connectivity index (χ1n) is 9.22. The van der Waals surface area contributed by atoms with Gasteiger partial charge in [0.1, 0.15) is 21.7 Å². The first-order valence-corrected chi connectivity index (χ1v) is 11.0. The lowest BCUT2D eigenvalue weighted by Gasteiger charge is -2.22. The summed E-state index contributed by atoms with van der Waals surface area (Å²) in [6.07, 6.45) is 1.83. The Kier molecular flexibility index (Phi) is 4.00. The molecule has 12 heteroatoms. The molecule has 0 spiro atoms. The fraction of sp³-hybridized carbons (Fsp3) is 0.278. The quantitative estimate of drug-likeness (QED) is 0.502. The van der Waals surface area contributed by atoms with E-state index in [1.165, 1.54) is 10.8 Å². The van der Waals surface area contributed by atoms with Gasteiger partial charge in [-0.2, -0.15) is 9.55 Å². The molecular formula is C18H16N6O5S. The van der Waals surface area contributed by atoms with E-state index in [0.29, 0.717) is 4.57 Å². The molecule has 0 bridgehead atoms. The maximum absolute atomic E-state index is 12.9. The molecule has 1 fully saturated rings. The lowest BCUT2D eigenvalue weighted by molar-refractivity contribution is 0.196. The Labute approximate surface area is 169 Å². The number of carboxylic acid groups (broad SMARTS) is 1. The predicted octanol–water partition coefficient (Wildman–Crippen LogP) is 1.21. The van der Waals surface area contributed by atoms with Crippen molar-refractivity contribution in [2.45, 2.75) is 18.9 Å². The second-order valence-electron chi connectivity index (χ2n) is 7.14. The van der Waals surface area contributed by atoms with E-state index in [1.54, 1.807) is 10.9 Å². The van der Waals surface area contributed by atoms with Gasteiger partial charge in [-0.3, -0.25) is 9.13 Å². The molecular weight excluding hydrogens is 412 g/mol. The van der Waals surface area contributed by atoms with Crippen LogP contribution >= 0.6 is 0 Å². The van der Waals surface area contributed by atoms with E-state index >= 15 is 0 Å². The van der Waals surface area contributed by atoms with Crippen molar-refractivity contribution < 1.29 is 18.3 Å². The first kappa shape index (κ1) is 18.5. The normalized spacial score (nSPS) is 16.9. The van der Waals surface area contributed by atoms with Gasteiger partial charge in [0.2, 0.25) is 5.95 Å². The molecule has 0 atom stereocenters. The van der Waals surface area contributed by atoms with Crippen molar-refractivity contribution >= 4 is 38.1 Å². The van der Waals surface area contributed by atoms with Crippen LogP contribution in [0.15, 0.2) is 41.6 Å². The van der Waals surface area contributed by atoms with Crippen molar-refractivity contribution in [3.05, 3.63) is 47.3 Å². The molecule has 1 aromatic carbocycles. The van der Waals surface area contributed by atoms with E-state index in [1.807, 2.05) is 24.3 Å². The molecule has 4 aromatic rings. The van der Waals surface area contributed by atoms with Gasteiger partial charge in [-0.25, -0.2) is 28.0 Å². The number of sulfone groups is 1. The summed E-state index contributed by atoms with van der Waals surface area (Å²) in [4.78, 5) is 37.6. The van der Waals surface area contributed by atoms with Crippen LogP contribution in [0.1, 0.15) is 18.9 Å². The molecule has 0 unspecified atom stereocenters. The molecule has 5 rings (SSSR count). The summed E-state index contributed by atoms with van der Waals surface area (Å²) in [6.45, 7) is 0. The van der Waals surface area contributed by atoms with E-state index in [-0.39, 0.29) is 41.5 Å². The maximum atomic E-state index is 12.9. The van der Waals surface area contributed by atoms with Crippen LogP contribution in [0.3, 0.4) is 0 Å². The Morgan fingerprint density at radius 1 is 1.10 bits per heavy atom. The summed E-state index contributed by atoms with van der Waals surface area (Å²) in [7, 11) is -3.15. The second-order valence-corrected chi connectivity index (χ2v) is 9.44. The number of hydrogen-bond acceptors (Lipinski definition) is 7. The number of imidazole rings is 2. The average molecular weight is 428 g/mol. The van der Waals surface area contributed by atoms with Crippen molar-refractivity contribution in [3.63, 3.8) is 0 Å². The minimum absolute atomic E-state index is 0.0501. The number of carbonyl (C=O) groups is 1. The Bertz CT molecular complexity index is 1470. The number of aromatic nitrogens is 6. The SMILES string of the molecule is O=C(O)n1c(=O)n(C2CCS(=O)(=O)CC2)c2nc(-n3cnc4ccccc43)ncc21. The fourth-order valence-corrected chi connectivity index (χ4v) is 5.34. The summed E-state index contributed by atoms with van der Waals surface area (Å²) < 4.78 is 27.1. The van der Waals surface area contributed by atoms with Crippen LogP contribution in [0, 0.1) is 0 Å². The summed E-state index contributed by atoms with van der Waals surface area (Å²) in [5, 5.41) is 9.54. The van der Waals surface area contributed by atoms with Crippen molar-refractivity contribution in [2.75, 3.05) is 11.5 Å². The highest BCUT2D eigenvalue weighted by Crippen LogP contribution is 2.26. The number of para-hydroxylation sites is 2. The van der Waals surface area contributed by atoms with Crippen LogP contribution in [-0.2, 0) is 9.84 Å². The minimum Gasteiger partial charge on any atom is -0.464 e. The number of rotatable bonds is 2. The molecule has 3 aromatic heterocycles. The molecule has 1 aliphatic heterocycles. The van der Waals surface area contributed by atoms with Gasteiger partial charge in [0.05, 0.1) is 28.7 Å². The first-order chi connectivity index (χ1) is 14.4. The zero-order chi connectivity index (χ0) is 21.0. The Balaban J connectivity index is 1.73. The van der Waals surface area contributed by atoms with E-state index < -0.39 is 27.7 Å². The second kappa shape index (κ2) is 6.49. The van der Waals surface area contributed by atoms with Gasteiger partial charge in [-0.1, -0.05) is 12.1 Å². The lowest BCUT2D eigenvalue weighted by atomic mass is 10.1. The van der Waals surface area contributed by atoms with Gasteiger partial charge in [0.25, 0.3) is 0 Å². The van der Waals surface area contributed by atoms with Crippen LogP contribution in [0.25, 0.3) is 28.1 Å². The standard InChI is InChI=1S/C18H16N6O5S/c25-17-23(11-5-7-30(28,29)8-6-11)15-14(24(17)18(26)27)9-19-16(21-15)22-10-20-12-3-1-2-4-13(12)22/h1-4,9-11H,5-8H2,(H,26,27). The third-order valence-corrected chi connectivity index (χ3v) is 7.07. The summed E-state index contributed by atoms with van der Waals surface area (Å²) in [5.41, 5.74) is 0.915. The van der Waals surface area contributed by atoms with Gasteiger partial charge in [-0.05, 0) is 25.0 Å². The monoisotopic (exact) mass is 428 g/mol. The zero-order valence-electron chi connectivity index (χ0n) is 15.5. The summed E-state index contributed by atoms with van der Waals surface area (Å²) in [5.74, 6) is 0.109. The van der Waals surface area contributed by atoms with Crippen LogP contribution < -0.4 is 5.69 Å². The molecule has 1 aliphatic rings. The molecule has 0 radical (unpaired) electrons. The number of hydrogen-bond donors (Lipinski definition) is 1. The van der Waals surface area contributed by atoms with Crippen molar-refractivity contribution in [2.24, 2.45) is 0 Å². The smallest absolute Gasteiger partial charge is 0.420 e. The van der Waals surface area contributed by atoms with Crippen molar-refractivity contribution in [1.82, 2.24) is 28.7 Å². The molecule has 1 N–H and O–H groups in total. The third-order valence-electron chi connectivity index (χ3n) is 5.35. The minimum atomic E-state index is -3.15. The van der Waals surface area contributed by atoms with E-state index in [9.17, 15) is 23.1 Å². The maximum Gasteiger partial charge on any atom is 0.420 e. The molecule has 4 heterocycles. The van der Waals surface area contributed by atoms with Crippen molar-refractivity contribution in [1.29, 1.82) is 0 Å². The van der Waals surface area contributed by atoms with Crippen LogP contribution in [0.2, 0.25) is 0 Å². The van der Waals surface area contributed by atoms with E-state index in [4.69, 9.17) is 0 Å². The van der Waals surface area contributed by atoms with Crippen molar-refractivity contribution in [3.8, 4) is 5.95 Å². The molecule has 154 valence electrons.